The van der Waals surface area contributed by atoms with Crippen molar-refractivity contribution in [3.05, 3.63) is 60.2 Å². The Morgan fingerprint density at radius 2 is 1.67 bits per heavy atom. The summed E-state index contributed by atoms with van der Waals surface area (Å²) in [7, 11) is 0. The lowest BCUT2D eigenvalue weighted by atomic mass is 10.3. The van der Waals surface area contributed by atoms with Crippen molar-refractivity contribution < 1.29 is 13.6 Å². The van der Waals surface area contributed by atoms with E-state index in [0.717, 1.165) is 11.8 Å². The molecule has 1 heterocycles. The van der Waals surface area contributed by atoms with E-state index in [-0.39, 0.29) is 23.3 Å². The summed E-state index contributed by atoms with van der Waals surface area (Å²) in [6.07, 6.45) is 0. The number of hydrogen-bond acceptors (Lipinski definition) is 5. The zero-order valence-electron chi connectivity index (χ0n) is 12.2. The molecule has 2 aromatic carbocycles. The predicted octanol–water partition coefficient (Wildman–Crippen LogP) is 2.67. The van der Waals surface area contributed by atoms with E-state index in [1.165, 1.54) is 53.2 Å². The number of carbonyl (C=O) groups is 1. The fourth-order valence-electron chi connectivity index (χ4n) is 1.87. The van der Waals surface area contributed by atoms with Gasteiger partial charge in [-0.15, -0.1) is 5.10 Å². The minimum Gasteiger partial charge on any atom is -0.325 e. The average Bonchev–Trinajstić information content (AvgIpc) is 3.04. The van der Waals surface area contributed by atoms with Crippen molar-refractivity contribution in [2.24, 2.45) is 0 Å². The molecule has 1 aromatic heterocycles. The van der Waals surface area contributed by atoms with Crippen LogP contribution in [0.3, 0.4) is 0 Å². The summed E-state index contributed by atoms with van der Waals surface area (Å²) in [4.78, 5) is 11.9. The molecule has 1 amide bonds. The van der Waals surface area contributed by atoms with Gasteiger partial charge >= 0.3 is 0 Å². The quantitative estimate of drug-likeness (QED) is 0.719. The number of aromatic nitrogens is 4. The maximum atomic E-state index is 13.0. The summed E-state index contributed by atoms with van der Waals surface area (Å²) >= 11 is 1.13. The van der Waals surface area contributed by atoms with Gasteiger partial charge in [0, 0.05) is 5.69 Å². The smallest absolute Gasteiger partial charge is 0.234 e. The van der Waals surface area contributed by atoms with Crippen LogP contribution in [0.15, 0.2) is 53.7 Å². The summed E-state index contributed by atoms with van der Waals surface area (Å²) in [5.74, 6) is -0.945. The number of carbonyl (C=O) groups excluding carboxylic acids is 1. The molecule has 0 saturated carbocycles. The molecular formula is C15H11F2N5OS. The molecular weight excluding hydrogens is 336 g/mol. The first-order chi connectivity index (χ1) is 11.6. The van der Waals surface area contributed by atoms with Gasteiger partial charge in [-0.1, -0.05) is 11.8 Å². The third-order valence-corrected chi connectivity index (χ3v) is 3.89. The Labute approximate surface area is 139 Å². The van der Waals surface area contributed by atoms with Crippen LogP contribution >= 0.6 is 11.8 Å². The largest absolute Gasteiger partial charge is 0.325 e. The Balaban J connectivity index is 1.63. The number of benzene rings is 2. The molecule has 6 nitrogen and oxygen atoms in total. The van der Waals surface area contributed by atoms with E-state index < -0.39 is 0 Å². The molecule has 3 aromatic rings. The summed E-state index contributed by atoms with van der Waals surface area (Å²) in [6, 6.07) is 11.1. The van der Waals surface area contributed by atoms with Crippen LogP contribution in [0.2, 0.25) is 0 Å². The number of tetrazole rings is 1. The van der Waals surface area contributed by atoms with E-state index in [1.807, 2.05) is 0 Å². The fourth-order valence-corrected chi connectivity index (χ4v) is 2.56. The summed E-state index contributed by atoms with van der Waals surface area (Å²) in [6.45, 7) is 0. The molecule has 0 aliphatic heterocycles. The number of rotatable bonds is 5. The molecule has 9 heteroatoms. The Morgan fingerprint density at radius 1 is 1.04 bits per heavy atom. The first kappa shape index (κ1) is 16.1. The first-order valence-corrected chi connectivity index (χ1v) is 7.83. The van der Waals surface area contributed by atoms with Gasteiger partial charge in [0.1, 0.15) is 11.6 Å². The second kappa shape index (κ2) is 7.18. The lowest BCUT2D eigenvalue weighted by Crippen LogP contribution is -2.14. The highest BCUT2D eigenvalue weighted by molar-refractivity contribution is 7.99. The van der Waals surface area contributed by atoms with Gasteiger partial charge in [-0.25, -0.2) is 8.78 Å². The molecule has 0 atom stereocenters. The van der Waals surface area contributed by atoms with Crippen LogP contribution in [0.25, 0.3) is 5.69 Å². The minimum atomic E-state index is -0.374. The number of amides is 1. The maximum absolute atomic E-state index is 13.0. The molecule has 122 valence electrons. The second-order valence-electron chi connectivity index (χ2n) is 4.69. The van der Waals surface area contributed by atoms with E-state index in [2.05, 4.69) is 20.8 Å². The van der Waals surface area contributed by atoms with Gasteiger partial charge in [-0.2, -0.15) is 4.68 Å². The third kappa shape index (κ3) is 3.93. The molecule has 0 aliphatic rings. The summed E-state index contributed by atoms with van der Waals surface area (Å²) in [5.41, 5.74) is 1.09. The molecule has 24 heavy (non-hydrogen) atoms. The van der Waals surface area contributed by atoms with Gasteiger partial charge in [0.2, 0.25) is 11.1 Å². The van der Waals surface area contributed by atoms with Gasteiger partial charge in [0.15, 0.2) is 0 Å². The lowest BCUT2D eigenvalue weighted by molar-refractivity contribution is -0.113. The van der Waals surface area contributed by atoms with Crippen LogP contribution in [0.5, 0.6) is 0 Å². The fraction of sp³-hybridized carbons (Fsp3) is 0.0667. The van der Waals surface area contributed by atoms with Crippen molar-refractivity contribution in [1.82, 2.24) is 20.2 Å². The number of nitrogens with one attached hydrogen (secondary N) is 1. The van der Waals surface area contributed by atoms with Gasteiger partial charge < -0.3 is 5.32 Å². The maximum Gasteiger partial charge on any atom is 0.234 e. The Bertz CT molecular complexity index is 836. The number of hydrogen-bond donors (Lipinski definition) is 1. The van der Waals surface area contributed by atoms with Crippen LogP contribution in [-0.4, -0.2) is 31.9 Å². The molecule has 0 bridgehead atoms. The van der Waals surface area contributed by atoms with Crippen molar-refractivity contribution >= 4 is 23.4 Å². The normalized spacial score (nSPS) is 10.6. The van der Waals surface area contributed by atoms with E-state index in [4.69, 9.17) is 0 Å². The standard InChI is InChI=1S/C15H11F2N5OS/c16-10-1-5-12(6-2-10)18-14(23)9-24-15-19-20-21-22(15)13-7-3-11(17)4-8-13/h1-8H,9H2,(H,18,23). The minimum absolute atomic E-state index is 0.0684. The molecule has 0 fully saturated rings. The Morgan fingerprint density at radius 3 is 2.33 bits per heavy atom. The van der Waals surface area contributed by atoms with Crippen LogP contribution in [0.1, 0.15) is 0 Å². The summed E-state index contributed by atoms with van der Waals surface area (Å²) < 4.78 is 27.2. The molecule has 0 saturated heterocycles. The van der Waals surface area contributed by atoms with Gasteiger partial charge in [0.05, 0.1) is 11.4 Å². The molecule has 0 spiro atoms. The summed E-state index contributed by atoms with van der Waals surface area (Å²) in [5, 5.41) is 14.3. The third-order valence-electron chi connectivity index (χ3n) is 2.97. The average molecular weight is 347 g/mol. The Hall–Kier alpha value is -2.81. The molecule has 0 unspecified atom stereocenters. The zero-order valence-corrected chi connectivity index (χ0v) is 13.0. The lowest BCUT2D eigenvalue weighted by Gasteiger charge is -2.06. The van der Waals surface area contributed by atoms with Crippen molar-refractivity contribution in [3.63, 3.8) is 0 Å². The SMILES string of the molecule is O=C(CSc1nnnn1-c1ccc(F)cc1)Nc1ccc(F)cc1. The van der Waals surface area contributed by atoms with E-state index in [9.17, 15) is 13.6 Å². The topological polar surface area (TPSA) is 72.7 Å². The van der Waals surface area contributed by atoms with Gasteiger partial charge in [0.25, 0.3) is 0 Å². The van der Waals surface area contributed by atoms with E-state index in [0.29, 0.717) is 16.5 Å². The molecule has 0 aliphatic carbocycles. The van der Waals surface area contributed by atoms with Crippen LogP contribution in [-0.2, 0) is 4.79 Å². The van der Waals surface area contributed by atoms with Gasteiger partial charge in [-0.3, -0.25) is 4.79 Å². The predicted molar refractivity (Wildman–Crippen MR) is 84.9 cm³/mol. The number of halogens is 2. The van der Waals surface area contributed by atoms with E-state index >= 15 is 0 Å². The van der Waals surface area contributed by atoms with Gasteiger partial charge in [-0.05, 0) is 59.0 Å². The van der Waals surface area contributed by atoms with Crippen molar-refractivity contribution in [1.29, 1.82) is 0 Å². The van der Waals surface area contributed by atoms with Crippen LogP contribution in [0.4, 0.5) is 14.5 Å². The zero-order chi connectivity index (χ0) is 16.9. The van der Waals surface area contributed by atoms with Crippen molar-refractivity contribution in [2.75, 3.05) is 11.1 Å². The molecule has 0 radical (unpaired) electrons. The number of nitrogens with zero attached hydrogens (tertiary/aromatic N) is 4. The van der Waals surface area contributed by atoms with Crippen LogP contribution in [0, 0.1) is 11.6 Å². The van der Waals surface area contributed by atoms with E-state index in [1.54, 1.807) is 0 Å². The first-order valence-electron chi connectivity index (χ1n) is 6.84. The van der Waals surface area contributed by atoms with Crippen LogP contribution < -0.4 is 5.32 Å². The van der Waals surface area contributed by atoms with Crippen molar-refractivity contribution in [3.8, 4) is 5.69 Å². The molecule has 1 N–H and O–H groups in total. The van der Waals surface area contributed by atoms with Crippen molar-refractivity contribution in [2.45, 2.75) is 5.16 Å². The highest BCUT2D eigenvalue weighted by Crippen LogP contribution is 2.19. The number of anilines is 1. The molecule has 3 rings (SSSR count). The monoisotopic (exact) mass is 347 g/mol. The highest BCUT2D eigenvalue weighted by Gasteiger charge is 2.12. The Kier molecular flexibility index (Phi) is 4.80. The number of thioether (sulfide) groups is 1. The second-order valence-corrected chi connectivity index (χ2v) is 5.64. The highest BCUT2D eigenvalue weighted by atomic mass is 32.2.